The van der Waals surface area contributed by atoms with Crippen LogP contribution < -0.4 is 0 Å². The second-order valence-corrected chi connectivity index (χ2v) is 6.03. The molecular weight excluding hydrogens is 234 g/mol. The van der Waals surface area contributed by atoms with E-state index in [-0.39, 0.29) is 0 Å². The third kappa shape index (κ3) is 2.71. The number of hydrogen-bond acceptors (Lipinski definition) is 3. The van der Waals surface area contributed by atoms with Gasteiger partial charge in [0, 0.05) is 18.6 Å². The first-order chi connectivity index (χ1) is 8.09. The number of nitrogens with zero attached hydrogens (tertiary/aromatic N) is 1. The Hall–Kier alpha value is -1.68. The summed E-state index contributed by atoms with van der Waals surface area (Å²) >= 11 is 0. The fourth-order valence-corrected chi connectivity index (χ4v) is 3.16. The number of pyridine rings is 1. The van der Waals surface area contributed by atoms with E-state index in [1.165, 1.54) is 6.26 Å². The smallest absolute Gasteiger partial charge is 0.158 e. The van der Waals surface area contributed by atoms with E-state index in [0.29, 0.717) is 0 Å². The molecule has 0 saturated heterocycles. The van der Waals surface area contributed by atoms with Crippen LogP contribution in [-0.2, 0) is 9.84 Å². The molecule has 0 saturated carbocycles. The van der Waals surface area contributed by atoms with Crippen molar-refractivity contribution < 1.29 is 8.42 Å². The SMILES string of the molecule is CS(=O)(=O)C(c1ccccc1)c1ccncc1. The third-order valence-corrected chi connectivity index (χ3v) is 3.94. The van der Waals surface area contributed by atoms with Crippen molar-refractivity contribution in [1.29, 1.82) is 0 Å². The molecule has 1 heterocycles. The molecule has 0 bridgehead atoms. The second kappa shape index (κ2) is 4.67. The van der Waals surface area contributed by atoms with Gasteiger partial charge in [0.05, 0.1) is 0 Å². The molecular formula is C13H13NO2S. The number of aromatic nitrogens is 1. The largest absolute Gasteiger partial charge is 0.265 e. The zero-order valence-electron chi connectivity index (χ0n) is 9.45. The monoisotopic (exact) mass is 247 g/mol. The van der Waals surface area contributed by atoms with Crippen molar-refractivity contribution >= 4 is 9.84 Å². The van der Waals surface area contributed by atoms with Crippen LogP contribution in [0.25, 0.3) is 0 Å². The van der Waals surface area contributed by atoms with E-state index in [0.717, 1.165) is 11.1 Å². The first-order valence-electron chi connectivity index (χ1n) is 5.23. The number of hydrogen-bond donors (Lipinski definition) is 0. The van der Waals surface area contributed by atoms with E-state index in [9.17, 15) is 8.42 Å². The molecule has 0 radical (unpaired) electrons. The Morgan fingerprint density at radius 3 is 2.00 bits per heavy atom. The molecule has 1 unspecified atom stereocenters. The van der Waals surface area contributed by atoms with E-state index >= 15 is 0 Å². The molecule has 4 heteroatoms. The quantitative estimate of drug-likeness (QED) is 0.835. The lowest BCUT2D eigenvalue weighted by atomic mass is 10.1. The van der Waals surface area contributed by atoms with Crippen LogP contribution in [0.5, 0.6) is 0 Å². The molecule has 17 heavy (non-hydrogen) atoms. The maximum atomic E-state index is 11.9. The highest BCUT2D eigenvalue weighted by molar-refractivity contribution is 7.91. The average Bonchev–Trinajstić information content (AvgIpc) is 2.30. The molecule has 0 N–H and O–H groups in total. The molecule has 0 aliphatic heterocycles. The van der Waals surface area contributed by atoms with Gasteiger partial charge < -0.3 is 0 Å². The Morgan fingerprint density at radius 2 is 1.47 bits per heavy atom. The molecule has 1 aromatic heterocycles. The van der Waals surface area contributed by atoms with Gasteiger partial charge >= 0.3 is 0 Å². The molecule has 0 spiro atoms. The normalized spacial score (nSPS) is 13.2. The van der Waals surface area contributed by atoms with Crippen LogP contribution in [0.15, 0.2) is 54.9 Å². The van der Waals surface area contributed by atoms with E-state index in [1.807, 2.05) is 30.3 Å². The van der Waals surface area contributed by atoms with Crippen LogP contribution in [0, 0.1) is 0 Å². The molecule has 0 fully saturated rings. The highest BCUT2D eigenvalue weighted by atomic mass is 32.2. The van der Waals surface area contributed by atoms with Gasteiger partial charge in [0.15, 0.2) is 9.84 Å². The van der Waals surface area contributed by atoms with Crippen molar-refractivity contribution in [3.05, 3.63) is 66.0 Å². The molecule has 0 amide bonds. The van der Waals surface area contributed by atoms with Crippen molar-refractivity contribution in [2.45, 2.75) is 5.25 Å². The van der Waals surface area contributed by atoms with Crippen LogP contribution >= 0.6 is 0 Å². The number of rotatable bonds is 3. The standard InChI is InChI=1S/C13H13NO2S/c1-17(15,16)13(11-5-3-2-4-6-11)12-7-9-14-10-8-12/h2-10,13H,1H3. The summed E-state index contributed by atoms with van der Waals surface area (Å²) in [7, 11) is -3.20. The van der Waals surface area contributed by atoms with Crippen molar-refractivity contribution in [3.8, 4) is 0 Å². The summed E-state index contributed by atoms with van der Waals surface area (Å²) in [6, 6.07) is 12.7. The number of sulfone groups is 1. The predicted molar refractivity (Wildman–Crippen MR) is 67.4 cm³/mol. The first-order valence-corrected chi connectivity index (χ1v) is 7.18. The van der Waals surface area contributed by atoms with E-state index < -0.39 is 15.1 Å². The number of benzene rings is 1. The molecule has 1 atom stereocenters. The maximum absolute atomic E-state index is 11.9. The fourth-order valence-electron chi connectivity index (χ4n) is 1.85. The van der Waals surface area contributed by atoms with Gasteiger partial charge in [-0.15, -0.1) is 0 Å². The summed E-state index contributed by atoms with van der Waals surface area (Å²) in [6.45, 7) is 0. The van der Waals surface area contributed by atoms with Gasteiger partial charge in [-0.2, -0.15) is 0 Å². The summed E-state index contributed by atoms with van der Waals surface area (Å²) in [5.74, 6) is 0. The van der Waals surface area contributed by atoms with E-state index in [2.05, 4.69) is 4.98 Å². The Bertz CT molecular complexity index is 540. The van der Waals surface area contributed by atoms with E-state index in [1.54, 1.807) is 24.5 Å². The highest BCUT2D eigenvalue weighted by Crippen LogP contribution is 2.28. The van der Waals surface area contributed by atoms with Gasteiger partial charge in [0.1, 0.15) is 5.25 Å². The van der Waals surface area contributed by atoms with Crippen molar-refractivity contribution in [2.24, 2.45) is 0 Å². The van der Waals surface area contributed by atoms with Crippen LogP contribution in [0.4, 0.5) is 0 Å². The lowest BCUT2D eigenvalue weighted by Gasteiger charge is -2.15. The maximum Gasteiger partial charge on any atom is 0.158 e. The van der Waals surface area contributed by atoms with Crippen LogP contribution in [0.2, 0.25) is 0 Å². The molecule has 88 valence electrons. The highest BCUT2D eigenvalue weighted by Gasteiger charge is 2.24. The van der Waals surface area contributed by atoms with Crippen molar-refractivity contribution in [1.82, 2.24) is 4.98 Å². The minimum Gasteiger partial charge on any atom is -0.265 e. The van der Waals surface area contributed by atoms with Gasteiger partial charge in [-0.25, -0.2) is 8.42 Å². The average molecular weight is 247 g/mol. The third-order valence-electron chi connectivity index (χ3n) is 2.54. The van der Waals surface area contributed by atoms with Crippen molar-refractivity contribution in [2.75, 3.05) is 6.26 Å². The van der Waals surface area contributed by atoms with Gasteiger partial charge in [0.2, 0.25) is 0 Å². The zero-order chi connectivity index (χ0) is 12.3. The fraction of sp³-hybridized carbons (Fsp3) is 0.154. The minimum atomic E-state index is -3.20. The summed E-state index contributed by atoms with van der Waals surface area (Å²) in [4.78, 5) is 3.91. The molecule has 0 aliphatic rings. The summed E-state index contributed by atoms with van der Waals surface area (Å²) in [5.41, 5.74) is 1.52. The molecule has 0 aliphatic carbocycles. The van der Waals surface area contributed by atoms with Crippen LogP contribution in [0.1, 0.15) is 16.4 Å². The Balaban J connectivity index is 2.56. The molecule has 2 rings (SSSR count). The van der Waals surface area contributed by atoms with Crippen molar-refractivity contribution in [3.63, 3.8) is 0 Å². The van der Waals surface area contributed by atoms with Gasteiger partial charge in [-0.3, -0.25) is 4.98 Å². The van der Waals surface area contributed by atoms with Gasteiger partial charge in [0.25, 0.3) is 0 Å². The molecule has 1 aromatic carbocycles. The topological polar surface area (TPSA) is 47.0 Å². The van der Waals surface area contributed by atoms with Gasteiger partial charge in [-0.05, 0) is 23.3 Å². The molecule has 3 nitrogen and oxygen atoms in total. The second-order valence-electron chi connectivity index (χ2n) is 3.90. The lowest BCUT2D eigenvalue weighted by Crippen LogP contribution is -2.12. The van der Waals surface area contributed by atoms with Crippen LogP contribution in [0.3, 0.4) is 0 Å². The summed E-state index contributed by atoms with van der Waals surface area (Å²) in [5, 5.41) is -0.619. The van der Waals surface area contributed by atoms with Crippen LogP contribution in [-0.4, -0.2) is 19.7 Å². The van der Waals surface area contributed by atoms with E-state index in [4.69, 9.17) is 0 Å². The van der Waals surface area contributed by atoms with Gasteiger partial charge in [-0.1, -0.05) is 30.3 Å². The Labute approximate surface area is 101 Å². The summed E-state index contributed by atoms with van der Waals surface area (Å²) in [6.07, 6.45) is 4.47. The first kappa shape index (κ1) is 11.8. The predicted octanol–water partition coefficient (Wildman–Crippen LogP) is 2.22. The zero-order valence-corrected chi connectivity index (χ0v) is 10.3. The minimum absolute atomic E-state index is 0.619. The molecule has 2 aromatic rings. The lowest BCUT2D eigenvalue weighted by molar-refractivity contribution is 0.595. The summed E-state index contributed by atoms with van der Waals surface area (Å²) < 4.78 is 23.8. The Kier molecular flexibility index (Phi) is 3.24. The Morgan fingerprint density at radius 1 is 0.941 bits per heavy atom.